The summed E-state index contributed by atoms with van der Waals surface area (Å²) < 4.78 is 3.93. The van der Waals surface area contributed by atoms with Crippen molar-refractivity contribution in [3.63, 3.8) is 0 Å². The second-order valence-electron chi connectivity index (χ2n) is 12.8. The SMILES string of the molecule is CN1CCN(C2CCN(c3ccc4nc(NC(=O)c5ccnc(-c6cnn(C)c6)c5)n(C5CCC(O)CC5)c4c3)CC2)CC1. The Kier molecular flexibility index (Phi) is 8.09. The summed E-state index contributed by atoms with van der Waals surface area (Å²) in [5.74, 6) is 0.327. The number of anilines is 2. The zero-order valence-corrected chi connectivity index (χ0v) is 25.8. The van der Waals surface area contributed by atoms with Crippen molar-refractivity contribution in [1.29, 1.82) is 0 Å². The highest BCUT2D eigenvalue weighted by atomic mass is 16.3. The number of imidazole rings is 1. The van der Waals surface area contributed by atoms with Gasteiger partial charge in [0.2, 0.25) is 5.95 Å². The molecule has 2 aliphatic heterocycles. The molecule has 5 heterocycles. The lowest BCUT2D eigenvalue weighted by Gasteiger charge is -2.42. The van der Waals surface area contributed by atoms with Crippen molar-refractivity contribution in [3.05, 3.63) is 54.5 Å². The molecule has 1 aliphatic carbocycles. The monoisotopic (exact) mass is 597 g/mol. The molecule has 44 heavy (non-hydrogen) atoms. The van der Waals surface area contributed by atoms with E-state index in [1.807, 2.05) is 13.2 Å². The van der Waals surface area contributed by atoms with Crippen LogP contribution in [0.1, 0.15) is 54.9 Å². The van der Waals surface area contributed by atoms with Gasteiger partial charge in [0.05, 0.1) is 29.0 Å². The number of carbonyl (C=O) groups is 1. The Morgan fingerprint density at radius 3 is 2.41 bits per heavy atom. The molecule has 2 N–H and O–H groups in total. The highest BCUT2D eigenvalue weighted by Gasteiger charge is 2.29. The highest BCUT2D eigenvalue weighted by Crippen LogP contribution is 2.36. The predicted molar refractivity (Wildman–Crippen MR) is 172 cm³/mol. The number of hydrogen-bond acceptors (Lipinski definition) is 8. The molecule has 1 amide bonds. The van der Waals surface area contributed by atoms with Gasteiger partial charge in [-0.2, -0.15) is 5.10 Å². The third kappa shape index (κ3) is 5.96. The number of amides is 1. The third-order valence-corrected chi connectivity index (χ3v) is 9.84. The molecule has 3 aliphatic rings. The summed E-state index contributed by atoms with van der Waals surface area (Å²) in [5, 5.41) is 17.6. The van der Waals surface area contributed by atoms with Crippen LogP contribution in [0, 0.1) is 0 Å². The number of carbonyl (C=O) groups excluding carboxylic acids is 1. The van der Waals surface area contributed by atoms with Crippen molar-refractivity contribution in [3.8, 4) is 11.3 Å². The summed E-state index contributed by atoms with van der Waals surface area (Å²) >= 11 is 0. The number of piperazine rings is 1. The molecule has 11 heteroatoms. The first-order valence-electron chi connectivity index (χ1n) is 16.1. The molecule has 7 rings (SSSR count). The van der Waals surface area contributed by atoms with Crippen molar-refractivity contribution in [1.82, 2.24) is 34.1 Å². The van der Waals surface area contributed by atoms with Gasteiger partial charge in [0, 0.05) is 87.6 Å². The first-order valence-corrected chi connectivity index (χ1v) is 16.1. The third-order valence-electron chi connectivity index (χ3n) is 9.84. The van der Waals surface area contributed by atoms with Gasteiger partial charge in [-0.3, -0.25) is 24.7 Å². The van der Waals surface area contributed by atoms with Crippen molar-refractivity contribution >= 4 is 28.6 Å². The van der Waals surface area contributed by atoms with Gasteiger partial charge in [-0.15, -0.1) is 0 Å². The molecule has 0 bridgehead atoms. The van der Waals surface area contributed by atoms with Gasteiger partial charge < -0.3 is 19.5 Å². The molecule has 11 nitrogen and oxygen atoms in total. The van der Waals surface area contributed by atoms with E-state index in [2.05, 4.69) is 59.9 Å². The summed E-state index contributed by atoms with van der Waals surface area (Å²) in [6.45, 7) is 6.73. The minimum Gasteiger partial charge on any atom is -0.393 e. The number of aliphatic hydroxyl groups excluding tert-OH is 1. The minimum absolute atomic E-state index is 0.153. The Hall–Kier alpha value is -3.80. The molecule has 3 fully saturated rings. The number of nitrogens with zero attached hydrogens (tertiary/aromatic N) is 8. The van der Waals surface area contributed by atoms with Crippen LogP contribution in [0.3, 0.4) is 0 Å². The van der Waals surface area contributed by atoms with Gasteiger partial charge in [0.25, 0.3) is 5.91 Å². The summed E-state index contributed by atoms with van der Waals surface area (Å²) in [7, 11) is 4.07. The maximum absolute atomic E-state index is 13.6. The van der Waals surface area contributed by atoms with Gasteiger partial charge in [-0.1, -0.05) is 0 Å². The summed E-state index contributed by atoms with van der Waals surface area (Å²) in [5.41, 5.74) is 5.18. The number of likely N-dealkylation sites (N-methyl/N-ethyl adjacent to an activating group) is 1. The van der Waals surface area contributed by atoms with Crippen LogP contribution in [0.4, 0.5) is 11.6 Å². The minimum atomic E-state index is -0.265. The standard InChI is InChI=1S/C33H43N9O2/c1-38-15-17-41(18-16-38)25-10-13-40(14-11-25)27-5-8-29-31(20-27)42(26-3-6-28(43)7-4-26)33(36-29)37-32(44)23-9-12-34-30(19-23)24-21-35-39(2)22-24/h5,8-9,12,19-22,25-26,28,43H,3-4,6-7,10-11,13-18H2,1-2H3,(H,36,37,44). The second kappa shape index (κ2) is 12.3. The predicted octanol–water partition coefficient (Wildman–Crippen LogP) is 3.78. The lowest BCUT2D eigenvalue weighted by Crippen LogP contribution is -2.52. The highest BCUT2D eigenvalue weighted by molar-refractivity contribution is 6.04. The maximum Gasteiger partial charge on any atom is 0.258 e. The largest absolute Gasteiger partial charge is 0.393 e. The number of piperidine rings is 1. The summed E-state index contributed by atoms with van der Waals surface area (Å²) in [4.78, 5) is 30.6. The van der Waals surface area contributed by atoms with E-state index in [0.717, 1.165) is 68.5 Å². The van der Waals surface area contributed by atoms with Gasteiger partial charge in [-0.05, 0) is 75.9 Å². The number of hydrogen-bond donors (Lipinski definition) is 2. The van der Waals surface area contributed by atoms with Crippen molar-refractivity contribution in [2.75, 3.05) is 56.5 Å². The van der Waals surface area contributed by atoms with Gasteiger partial charge in [0.15, 0.2) is 0 Å². The van der Waals surface area contributed by atoms with E-state index in [0.29, 0.717) is 23.2 Å². The van der Waals surface area contributed by atoms with E-state index in [9.17, 15) is 9.90 Å². The Bertz CT molecular complexity index is 1610. The molecule has 0 unspecified atom stereocenters. The van der Waals surface area contributed by atoms with Crippen LogP contribution in [0.5, 0.6) is 0 Å². The average molecular weight is 598 g/mol. The van der Waals surface area contributed by atoms with Crippen LogP contribution in [0.2, 0.25) is 0 Å². The van der Waals surface area contributed by atoms with Crippen LogP contribution >= 0.6 is 0 Å². The fraction of sp³-hybridized carbons (Fsp3) is 0.515. The molecule has 2 saturated heterocycles. The lowest BCUT2D eigenvalue weighted by atomic mass is 9.93. The molecule has 0 atom stereocenters. The lowest BCUT2D eigenvalue weighted by molar-refractivity contribution is 0.0982. The van der Waals surface area contributed by atoms with Gasteiger partial charge in [-0.25, -0.2) is 4.98 Å². The fourth-order valence-electron chi connectivity index (χ4n) is 7.19. The fourth-order valence-corrected chi connectivity index (χ4v) is 7.19. The molecular weight excluding hydrogens is 554 g/mol. The van der Waals surface area contributed by atoms with Crippen molar-refractivity contribution in [2.45, 2.75) is 56.7 Å². The van der Waals surface area contributed by atoms with Crippen LogP contribution in [0.25, 0.3) is 22.3 Å². The topological polar surface area (TPSA) is 108 Å². The zero-order chi connectivity index (χ0) is 30.2. The molecule has 0 spiro atoms. The van der Waals surface area contributed by atoms with E-state index in [-0.39, 0.29) is 18.1 Å². The van der Waals surface area contributed by atoms with Crippen LogP contribution in [-0.4, -0.2) is 104 Å². The van der Waals surface area contributed by atoms with Gasteiger partial charge >= 0.3 is 0 Å². The molecule has 0 radical (unpaired) electrons. The molecular formula is C33H43N9O2. The van der Waals surface area contributed by atoms with E-state index in [1.54, 1.807) is 29.2 Å². The number of rotatable bonds is 6. The quantitative estimate of drug-likeness (QED) is 0.346. The van der Waals surface area contributed by atoms with Crippen molar-refractivity contribution in [2.24, 2.45) is 7.05 Å². The summed E-state index contributed by atoms with van der Waals surface area (Å²) in [6, 6.07) is 10.9. The zero-order valence-electron chi connectivity index (χ0n) is 25.8. The van der Waals surface area contributed by atoms with E-state index in [4.69, 9.17) is 4.98 Å². The summed E-state index contributed by atoms with van der Waals surface area (Å²) in [6.07, 6.45) is 10.5. The number of fused-ring (bicyclic) bond motifs is 1. The molecule has 1 aromatic carbocycles. The number of pyridine rings is 1. The molecule has 4 aromatic rings. The second-order valence-corrected chi connectivity index (χ2v) is 12.8. The van der Waals surface area contributed by atoms with E-state index < -0.39 is 0 Å². The number of aromatic nitrogens is 5. The molecule has 1 saturated carbocycles. The number of nitrogens with one attached hydrogen (secondary N) is 1. The number of benzene rings is 1. The average Bonchev–Trinajstić information content (AvgIpc) is 3.65. The normalized spacial score (nSPS) is 22.5. The van der Waals surface area contributed by atoms with Gasteiger partial charge in [0.1, 0.15) is 0 Å². The van der Waals surface area contributed by atoms with E-state index >= 15 is 0 Å². The molecule has 3 aromatic heterocycles. The van der Waals surface area contributed by atoms with Crippen molar-refractivity contribution < 1.29 is 9.90 Å². The number of aliphatic hydroxyl groups is 1. The first kappa shape index (κ1) is 28.9. The smallest absolute Gasteiger partial charge is 0.258 e. The number of aryl methyl sites for hydroxylation is 1. The molecule has 232 valence electrons. The maximum atomic E-state index is 13.6. The van der Waals surface area contributed by atoms with Crippen LogP contribution in [0.15, 0.2) is 48.9 Å². The first-order chi connectivity index (χ1) is 21.4. The van der Waals surface area contributed by atoms with E-state index in [1.165, 1.54) is 31.6 Å². The Morgan fingerprint density at radius 1 is 0.909 bits per heavy atom. The van der Waals surface area contributed by atoms with Crippen LogP contribution < -0.4 is 10.2 Å². The Balaban J connectivity index is 1.14. The Morgan fingerprint density at radius 2 is 1.68 bits per heavy atom. The Labute approximate surface area is 258 Å². The van der Waals surface area contributed by atoms with Crippen LogP contribution in [-0.2, 0) is 7.05 Å².